The summed E-state index contributed by atoms with van der Waals surface area (Å²) in [5, 5.41) is 13.2. The Morgan fingerprint density at radius 3 is 3.12 bits per heavy atom. The van der Waals surface area contributed by atoms with Crippen molar-refractivity contribution in [2.45, 2.75) is 45.4 Å². The minimum atomic E-state index is -0.670. The van der Waals surface area contributed by atoms with Gasteiger partial charge >= 0.3 is 5.97 Å². The van der Waals surface area contributed by atoms with Crippen LogP contribution in [-0.2, 0) is 11.2 Å². The summed E-state index contributed by atoms with van der Waals surface area (Å²) < 4.78 is 4.79. The van der Waals surface area contributed by atoms with E-state index in [9.17, 15) is 9.90 Å². The molecule has 0 bridgehead atoms. The highest BCUT2D eigenvalue weighted by Crippen LogP contribution is 2.43. The zero-order valence-corrected chi connectivity index (χ0v) is 10.2. The van der Waals surface area contributed by atoms with Crippen LogP contribution in [0.15, 0.2) is 17.0 Å². The predicted molar refractivity (Wildman–Crippen MR) is 62.5 cm³/mol. The van der Waals surface area contributed by atoms with Crippen molar-refractivity contribution in [2.75, 3.05) is 0 Å². The summed E-state index contributed by atoms with van der Waals surface area (Å²) in [5.41, 5.74) is 0.286. The number of hydrogen-bond donors (Lipinski definition) is 1. The van der Waals surface area contributed by atoms with Crippen LogP contribution in [0, 0.1) is 11.3 Å². The van der Waals surface area contributed by atoms with E-state index >= 15 is 0 Å². The molecule has 0 amide bonds. The van der Waals surface area contributed by atoms with Crippen LogP contribution in [0.5, 0.6) is 0 Å². The molecule has 1 aliphatic rings. The Balaban J connectivity index is 2.17. The number of carboxylic acids is 1. The Kier molecular flexibility index (Phi) is 3.50. The Morgan fingerprint density at radius 1 is 1.71 bits per heavy atom. The summed E-state index contributed by atoms with van der Waals surface area (Å²) in [5.74, 6) is -0.128. The molecule has 0 aromatic carbocycles. The van der Waals surface area contributed by atoms with Gasteiger partial charge in [0.2, 0.25) is 0 Å². The molecule has 1 heterocycles. The van der Waals surface area contributed by atoms with Crippen LogP contribution in [0.2, 0.25) is 0 Å². The van der Waals surface area contributed by atoms with E-state index in [0.717, 1.165) is 37.7 Å². The van der Waals surface area contributed by atoms with Crippen molar-refractivity contribution < 1.29 is 14.4 Å². The highest BCUT2D eigenvalue weighted by molar-refractivity contribution is 5.75. The fourth-order valence-electron chi connectivity index (χ4n) is 2.97. The first-order valence-electron chi connectivity index (χ1n) is 6.28. The fourth-order valence-corrected chi connectivity index (χ4v) is 2.97. The highest BCUT2D eigenvalue weighted by Gasteiger charge is 2.42. The van der Waals surface area contributed by atoms with Gasteiger partial charge in [-0.05, 0) is 25.2 Å². The lowest BCUT2D eigenvalue weighted by Crippen LogP contribution is -2.38. The van der Waals surface area contributed by atoms with Gasteiger partial charge in [0.25, 0.3) is 0 Å². The lowest BCUT2D eigenvalue weighted by Gasteiger charge is -2.37. The number of rotatable bonds is 4. The molecule has 2 unspecified atom stereocenters. The second-order valence-electron chi connectivity index (χ2n) is 5.17. The molecule has 0 spiro atoms. The van der Waals surface area contributed by atoms with Crippen molar-refractivity contribution >= 4 is 5.97 Å². The molecule has 1 aromatic heterocycles. The minimum absolute atomic E-state index is 0.541. The topological polar surface area (TPSA) is 63.3 Å². The van der Waals surface area contributed by atoms with Gasteiger partial charge in [0.1, 0.15) is 6.26 Å². The van der Waals surface area contributed by atoms with Crippen LogP contribution < -0.4 is 0 Å². The fraction of sp³-hybridized carbons (Fsp3) is 0.692. The largest absolute Gasteiger partial charge is 0.481 e. The Bertz CT molecular complexity index is 374. The summed E-state index contributed by atoms with van der Waals surface area (Å²) >= 11 is 0. The molecule has 1 aliphatic carbocycles. The Hall–Kier alpha value is -1.32. The second-order valence-corrected chi connectivity index (χ2v) is 5.17. The third-order valence-electron chi connectivity index (χ3n) is 4.00. The van der Waals surface area contributed by atoms with E-state index in [-0.39, 0.29) is 0 Å². The first-order valence-corrected chi connectivity index (χ1v) is 6.28. The Morgan fingerprint density at radius 2 is 2.53 bits per heavy atom. The SMILES string of the molecule is CCC1CCCC(Cc2cnoc2)(C(=O)O)C1. The van der Waals surface area contributed by atoms with E-state index < -0.39 is 11.4 Å². The molecule has 0 radical (unpaired) electrons. The molecule has 2 atom stereocenters. The molecule has 0 aliphatic heterocycles. The number of aliphatic carboxylic acids is 1. The van der Waals surface area contributed by atoms with Gasteiger partial charge in [0, 0.05) is 5.56 Å². The molecular formula is C13H19NO3. The highest BCUT2D eigenvalue weighted by atomic mass is 16.5. The Labute approximate surface area is 101 Å². The average Bonchev–Trinajstić information content (AvgIpc) is 2.81. The molecule has 2 rings (SSSR count). The van der Waals surface area contributed by atoms with Gasteiger partial charge in [-0.15, -0.1) is 0 Å². The van der Waals surface area contributed by atoms with Gasteiger partial charge in [-0.25, -0.2) is 0 Å². The number of carbonyl (C=O) groups is 1. The molecular weight excluding hydrogens is 218 g/mol. The number of nitrogens with zero attached hydrogens (tertiary/aromatic N) is 1. The number of hydrogen-bond acceptors (Lipinski definition) is 3. The van der Waals surface area contributed by atoms with E-state index in [2.05, 4.69) is 12.1 Å². The van der Waals surface area contributed by atoms with Crippen LogP contribution >= 0.6 is 0 Å². The number of carboxylic acid groups (broad SMARTS) is 1. The van der Waals surface area contributed by atoms with Crippen molar-refractivity contribution in [1.29, 1.82) is 0 Å². The van der Waals surface area contributed by atoms with Crippen molar-refractivity contribution in [3.05, 3.63) is 18.0 Å². The van der Waals surface area contributed by atoms with Gasteiger partial charge in [-0.3, -0.25) is 4.79 Å². The van der Waals surface area contributed by atoms with Crippen molar-refractivity contribution in [3.8, 4) is 0 Å². The maximum Gasteiger partial charge on any atom is 0.309 e. The summed E-state index contributed by atoms with van der Waals surface area (Å²) in [6.07, 6.45) is 8.51. The first kappa shape index (κ1) is 12.1. The molecule has 1 N–H and O–H groups in total. The second kappa shape index (κ2) is 4.90. The third kappa shape index (κ3) is 2.51. The summed E-state index contributed by atoms with van der Waals surface area (Å²) in [6, 6.07) is 0. The summed E-state index contributed by atoms with van der Waals surface area (Å²) in [7, 11) is 0. The van der Waals surface area contributed by atoms with Crippen LogP contribution in [0.4, 0.5) is 0 Å². The van der Waals surface area contributed by atoms with E-state index in [1.54, 1.807) is 12.5 Å². The third-order valence-corrected chi connectivity index (χ3v) is 4.00. The first-order chi connectivity index (χ1) is 8.16. The van der Waals surface area contributed by atoms with Gasteiger partial charge in [-0.1, -0.05) is 31.3 Å². The van der Waals surface area contributed by atoms with Crippen molar-refractivity contribution in [3.63, 3.8) is 0 Å². The molecule has 1 aromatic rings. The smallest absolute Gasteiger partial charge is 0.309 e. The van der Waals surface area contributed by atoms with Gasteiger partial charge in [0.05, 0.1) is 11.6 Å². The normalized spacial score (nSPS) is 29.1. The van der Waals surface area contributed by atoms with Crippen LogP contribution in [-0.4, -0.2) is 16.2 Å². The van der Waals surface area contributed by atoms with E-state index in [1.807, 2.05) is 0 Å². The minimum Gasteiger partial charge on any atom is -0.481 e. The van der Waals surface area contributed by atoms with Gasteiger partial charge < -0.3 is 9.63 Å². The monoisotopic (exact) mass is 237 g/mol. The predicted octanol–water partition coefficient (Wildman–Crippen LogP) is 2.89. The molecule has 1 saturated carbocycles. The van der Waals surface area contributed by atoms with Crippen LogP contribution in [0.25, 0.3) is 0 Å². The maximum absolute atomic E-state index is 11.6. The van der Waals surface area contributed by atoms with Crippen molar-refractivity contribution in [2.24, 2.45) is 11.3 Å². The molecule has 17 heavy (non-hydrogen) atoms. The quantitative estimate of drug-likeness (QED) is 0.874. The molecule has 0 saturated heterocycles. The van der Waals surface area contributed by atoms with E-state index in [0.29, 0.717) is 12.3 Å². The lowest BCUT2D eigenvalue weighted by molar-refractivity contribution is -0.152. The van der Waals surface area contributed by atoms with Gasteiger partial charge in [0.15, 0.2) is 0 Å². The standard InChI is InChI=1S/C13H19NO3/c1-2-10-4-3-5-13(6-10,12(15)16)7-11-8-14-17-9-11/h8-10H,2-7H2,1H3,(H,15,16). The summed E-state index contributed by atoms with van der Waals surface area (Å²) in [4.78, 5) is 11.6. The zero-order valence-electron chi connectivity index (χ0n) is 10.2. The lowest BCUT2D eigenvalue weighted by atomic mass is 9.66. The maximum atomic E-state index is 11.6. The van der Waals surface area contributed by atoms with Crippen LogP contribution in [0.3, 0.4) is 0 Å². The van der Waals surface area contributed by atoms with E-state index in [4.69, 9.17) is 4.52 Å². The molecule has 4 nitrogen and oxygen atoms in total. The zero-order chi connectivity index (χ0) is 12.3. The van der Waals surface area contributed by atoms with Crippen LogP contribution in [0.1, 0.15) is 44.6 Å². The average molecular weight is 237 g/mol. The van der Waals surface area contributed by atoms with Gasteiger partial charge in [-0.2, -0.15) is 0 Å². The molecule has 4 heteroatoms. The van der Waals surface area contributed by atoms with Crippen molar-refractivity contribution in [1.82, 2.24) is 5.16 Å². The number of aromatic nitrogens is 1. The summed E-state index contributed by atoms with van der Waals surface area (Å²) in [6.45, 7) is 2.14. The molecule has 94 valence electrons. The van der Waals surface area contributed by atoms with E-state index in [1.165, 1.54) is 0 Å². The molecule has 1 fully saturated rings.